The SMILES string of the molecule is Cc1nc(-c2ccccc2)cc([C@@H]2C[C@H](O)[C@@H](CO)O2)n1. The maximum Gasteiger partial charge on any atom is 0.126 e. The monoisotopic (exact) mass is 286 g/mol. The van der Waals surface area contributed by atoms with Gasteiger partial charge in [-0.15, -0.1) is 0 Å². The van der Waals surface area contributed by atoms with E-state index in [0.717, 1.165) is 17.0 Å². The fourth-order valence-electron chi connectivity index (χ4n) is 2.60. The lowest BCUT2D eigenvalue weighted by molar-refractivity contribution is -0.0236. The van der Waals surface area contributed by atoms with E-state index < -0.39 is 12.2 Å². The number of benzene rings is 1. The summed E-state index contributed by atoms with van der Waals surface area (Å²) >= 11 is 0. The number of aliphatic hydroxyl groups is 2. The van der Waals surface area contributed by atoms with Crippen molar-refractivity contribution in [1.82, 2.24) is 9.97 Å². The van der Waals surface area contributed by atoms with Gasteiger partial charge in [0.25, 0.3) is 0 Å². The second-order valence-corrected chi connectivity index (χ2v) is 5.24. The summed E-state index contributed by atoms with van der Waals surface area (Å²) in [5.74, 6) is 0.664. The van der Waals surface area contributed by atoms with Crippen molar-refractivity contribution in [2.45, 2.75) is 31.7 Å². The summed E-state index contributed by atoms with van der Waals surface area (Å²) in [4.78, 5) is 8.87. The zero-order valence-electron chi connectivity index (χ0n) is 11.8. The van der Waals surface area contributed by atoms with Crippen LogP contribution in [0.4, 0.5) is 0 Å². The van der Waals surface area contributed by atoms with Gasteiger partial charge in [-0.25, -0.2) is 9.97 Å². The molecule has 0 aliphatic carbocycles. The highest BCUT2D eigenvalue weighted by molar-refractivity contribution is 5.59. The predicted octanol–water partition coefficient (Wildman–Crippen LogP) is 1.64. The summed E-state index contributed by atoms with van der Waals surface area (Å²) in [5, 5.41) is 19.0. The van der Waals surface area contributed by atoms with Gasteiger partial charge in [-0.2, -0.15) is 0 Å². The van der Waals surface area contributed by atoms with Gasteiger partial charge in [0, 0.05) is 12.0 Å². The third kappa shape index (κ3) is 2.95. The quantitative estimate of drug-likeness (QED) is 0.897. The maximum atomic E-state index is 9.85. The number of ether oxygens (including phenoxy) is 1. The van der Waals surface area contributed by atoms with Crippen molar-refractivity contribution < 1.29 is 14.9 Å². The Balaban J connectivity index is 1.92. The summed E-state index contributed by atoms with van der Waals surface area (Å²) in [6.07, 6.45) is -1.06. The van der Waals surface area contributed by atoms with Crippen LogP contribution < -0.4 is 0 Å². The number of rotatable bonds is 3. The van der Waals surface area contributed by atoms with E-state index in [1.165, 1.54) is 0 Å². The van der Waals surface area contributed by atoms with E-state index in [2.05, 4.69) is 9.97 Å². The Morgan fingerprint density at radius 2 is 2.00 bits per heavy atom. The molecule has 2 N–H and O–H groups in total. The maximum absolute atomic E-state index is 9.85. The highest BCUT2D eigenvalue weighted by Gasteiger charge is 2.35. The average Bonchev–Trinajstić information content (AvgIpc) is 2.89. The van der Waals surface area contributed by atoms with Crippen LogP contribution in [0.25, 0.3) is 11.3 Å². The molecule has 0 radical (unpaired) electrons. The number of aromatic nitrogens is 2. The molecular weight excluding hydrogens is 268 g/mol. The van der Waals surface area contributed by atoms with E-state index >= 15 is 0 Å². The zero-order chi connectivity index (χ0) is 14.8. The highest BCUT2D eigenvalue weighted by Crippen LogP contribution is 2.33. The van der Waals surface area contributed by atoms with E-state index in [9.17, 15) is 10.2 Å². The molecule has 0 spiro atoms. The predicted molar refractivity (Wildman–Crippen MR) is 77.5 cm³/mol. The van der Waals surface area contributed by atoms with Crippen LogP contribution in [-0.4, -0.2) is 39.0 Å². The fourth-order valence-corrected chi connectivity index (χ4v) is 2.60. The summed E-state index contributed by atoms with van der Waals surface area (Å²) in [5.41, 5.74) is 2.60. The van der Waals surface area contributed by atoms with Crippen molar-refractivity contribution in [2.24, 2.45) is 0 Å². The molecule has 2 aromatic rings. The Morgan fingerprint density at radius 3 is 2.67 bits per heavy atom. The Labute approximate surface area is 123 Å². The molecule has 1 aliphatic heterocycles. The molecule has 1 saturated heterocycles. The molecule has 110 valence electrons. The number of nitrogens with zero attached hydrogens (tertiary/aromatic N) is 2. The first kappa shape index (κ1) is 14.1. The van der Waals surface area contributed by atoms with Crippen LogP contribution >= 0.6 is 0 Å². The standard InChI is InChI=1S/C16H18N2O3/c1-10-17-12(11-5-3-2-4-6-11)7-13(18-10)15-8-14(20)16(9-19)21-15/h2-7,14-16,19-20H,8-9H2,1H3/t14-,15-,16+/m0/s1. The average molecular weight is 286 g/mol. The van der Waals surface area contributed by atoms with Crippen LogP contribution in [0.5, 0.6) is 0 Å². The molecule has 0 saturated carbocycles. The van der Waals surface area contributed by atoms with Crippen molar-refractivity contribution in [3.05, 3.63) is 47.9 Å². The molecular formula is C16H18N2O3. The van der Waals surface area contributed by atoms with Gasteiger partial charge in [-0.05, 0) is 13.0 Å². The molecule has 0 bridgehead atoms. The van der Waals surface area contributed by atoms with Crippen LogP contribution in [0.2, 0.25) is 0 Å². The van der Waals surface area contributed by atoms with Crippen LogP contribution in [0.15, 0.2) is 36.4 Å². The van der Waals surface area contributed by atoms with E-state index in [1.54, 1.807) is 0 Å². The zero-order valence-corrected chi connectivity index (χ0v) is 11.8. The van der Waals surface area contributed by atoms with Crippen LogP contribution in [0.1, 0.15) is 24.0 Å². The number of aryl methyl sites for hydroxylation is 1. The van der Waals surface area contributed by atoms with Gasteiger partial charge in [-0.3, -0.25) is 0 Å². The lowest BCUT2D eigenvalue weighted by Crippen LogP contribution is -2.24. The first-order chi connectivity index (χ1) is 10.2. The minimum Gasteiger partial charge on any atom is -0.394 e. The Hall–Kier alpha value is -1.82. The lowest BCUT2D eigenvalue weighted by atomic mass is 10.1. The Bertz CT molecular complexity index is 618. The molecule has 1 aliphatic rings. The molecule has 0 unspecified atom stereocenters. The molecule has 0 amide bonds. The molecule has 1 aromatic heterocycles. The molecule has 3 rings (SSSR count). The highest BCUT2D eigenvalue weighted by atomic mass is 16.5. The van der Waals surface area contributed by atoms with Gasteiger partial charge < -0.3 is 14.9 Å². The van der Waals surface area contributed by atoms with Gasteiger partial charge in [0.1, 0.15) is 18.0 Å². The lowest BCUT2D eigenvalue weighted by Gasteiger charge is -2.13. The van der Waals surface area contributed by atoms with Crippen molar-refractivity contribution in [2.75, 3.05) is 6.61 Å². The largest absolute Gasteiger partial charge is 0.394 e. The molecule has 1 fully saturated rings. The van der Waals surface area contributed by atoms with Crippen LogP contribution in [-0.2, 0) is 4.74 Å². The Morgan fingerprint density at radius 1 is 1.24 bits per heavy atom. The minimum absolute atomic E-state index is 0.187. The van der Waals surface area contributed by atoms with Gasteiger partial charge in [0.05, 0.1) is 24.1 Å². The third-order valence-corrected chi connectivity index (χ3v) is 3.66. The van der Waals surface area contributed by atoms with Crippen LogP contribution in [0.3, 0.4) is 0 Å². The molecule has 3 atom stereocenters. The van der Waals surface area contributed by atoms with E-state index in [1.807, 2.05) is 43.3 Å². The second kappa shape index (κ2) is 5.89. The van der Waals surface area contributed by atoms with Gasteiger partial charge >= 0.3 is 0 Å². The normalized spacial score (nSPS) is 25.2. The third-order valence-electron chi connectivity index (χ3n) is 3.66. The number of hydrogen-bond acceptors (Lipinski definition) is 5. The smallest absolute Gasteiger partial charge is 0.126 e. The molecule has 1 aromatic carbocycles. The van der Waals surface area contributed by atoms with Gasteiger partial charge in [0.15, 0.2) is 0 Å². The topological polar surface area (TPSA) is 75.5 Å². The molecule has 5 heteroatoms. The van der Waals surface area contributed by atoms with Crippen molar-refractivity contribution in [1.29, 1.82) is 0 Å². The summed E-state index contributed by atoms with van der Waals surface area (Å²) in [6.45, 7) is 1.65. The first-order valence-electron chi connectivity index (χ1n) is 7.03. The fraction of sp³-hybridized carbons (Fsp3) is 0.375. The van der Waals surface area contributed by atoms with E-state index in [4.69, 9.17) is 4.74 Å². The van der Waals surface area contributed by atoms with Crippen molar-refractivity contribution in [3.63, 3.8) is 0 Å². The van der Waals surface area contributed by atoms with Crippen molar-refractivity contribution in [3.8, 4) is 11.3 Å². The molecule has 21 heavy (non-hydrogen) atoms. The van der Waals surface area contributed by atoms with Gasteiger partial charge in [-0.1, -0.05) is 30.3 Å². The summed E-state index contributed by atoms with van der Waals surface area (Å²) in [6, 6.07) is 11.8. The molecule has 5 nitrogen and oxygen atoms in total. The van der Waals surface area contributed by atoms with Crippen molar-refractivity contribution >= 4 is 0 Å². The summed E-state index contributed by atoms with van der Waals surface area (Å²) < 4.78 is 5.66. The van der Waals surface area contributed by atoms with Gasteiger partial charge in [0.2, 0.25) is 0 Å². The van der Waals surface area contributed by atoms with E-state index in [-0.39, 0.29) is 12.7 Å². The second-order valence-electron chi connectivity index (χ2n) is 5.24. The number of hydrogen-bond donors (Lipinski definition) is 2. The number of aliphatic hydroxyl groups excluding tert-OH is 2. The minimum atomic E-state index is -0.657. The Kier molecular flexibility index (Phi) is 3.96. The van der Waals surface area contributed by atoms with Crippen LogP contribution in [0, 0.1) is 6.92 Å². The first-order valence-corrected chi connectivity index (χ1v) is 7.03. The molecule has 2 heterocycles. The summed E-state index contributed by atoms with van der Waals surface area (Å²) in [7, 11) is 0. The van der Waals surface area contributed by atoms with E-state index in [0.29, 0.717) is 12.2 Å².